The Morgan fingerprint density at radius 2 is 0.609 bits per heavy atom. The second-order valence-corrected chi connectivity index (χ2v) is 19.0. The summed E-state index contributed by atoms with van der Waals surface area (Å²) in [5.74, 6) is 0. The Bertz CT molecular complexity index is 3940. The molecule has 69 heavy (non-hydrogen) atoms. The van der Waals surface area contributed by atoms with Crippen molar-refractivity contribution in [3.63, 3.8) is 0 Å². The molecule has 0 aliphatic heterocycles. The van der Waals surface area contributed by atoms with Crippen molar-refractivity contribution in [3.8, 4) is 33.4 Å². The van der Waals surface area contributed by atoms with Crippen LogP contribution in [0.25, 0.3) is 65.7 Å². The number of rotatable bonds is 5. The molecule has 0 unspecified atom stereocenters. The SMILES string of the molecule is c1ccc(C2(c3ccccc3)c3ccccc3-c3cc(N(c4ccc5c(c4)C4(c6ccccc6-c6ccccc64)c4ccccc4-5)c4cccc5c6ccccc6c6ccccc6c45)ccc32)cc1. The van der Waals surface area contributed by atoms with Gasteiger partial charge in [-0.3, -0.25) is 0 Å². The zero-order valence-electron chi connectivity index (χ0n) is 37.8. The van der Waals surface area contributed by atoms with E-state index in [0.29, 0.717) is 0 Å². The largest absolute Gasteiger partial charge is 0.310 e. The fourth-order valence-electron chi connectivity index (χ4n) is 13.3. The lowest BCUT2D eigenvalue weighted by atomic mass is 9.68. The average molecular weight is 874 g/mol. The predicted molar refractivity (Wildman–Crippen MR) is 287 cm³/mol. The lowest BCUT2D eigenvalue weighted by Gasteiger charge is -2.34. The molecule has 1 spiro atoms. The average Bonchev–Trinajstić information content (AvgIpc) is 4.01. The monoisotopic (exact) mass is 873 g/mol. The maximum atomic E-state index is 2.57. The van der Waals surface area contributed by atoms with Crippen LogP contribution in [0.4, 0.5) is 17.1 Å². The molecule has 15 rings (SSSR count). The van der Waals surface area contributed by atoms with Crippen molar-refractivity contribution in [2.45, 2.75) is 10.8 Å². The van der Waals surface area contributed by atoms with Crippen LogP contribution in [0.5, 0.6) is 0 Å². The highest BCUT2D eigenvalue weighted by Crippen LogP contribution is 2.64. The summed E-state index contributed by atoms with van der Waals surface area (Å²) < 4.78 is 0. The van der Waals surface area contributed by atoms with Gasteiger partial charge < -0.3 is 4.90 Å². The van der Waals surface area contributed by atoms with Gasteiger partial charge in [-0.05, 0) is 135 Å². The van der Waals surface area contributed by atoms with E-state index in [1.165, 1.54) is 110 Å². The Morgan fingerprint density at radius 3 is 1.16 bits per heavy atom. The van der Waals surface area contributed by atoms with E-state index in [4.69, 9.17) is 0 Å². The topological polar surface area (TPSA) is 3.24 Å². The number of hydrogen-bond donors (Lipinski definition) is 0. The van der Waals surface area contributed by atoms with Crippen molar-refractivity contribution in [3.05, 3.63) is 305 Å². The van der Waals surface area contributed by atoms with Crippen LogP contribution in [0.15, 0.2) is 261 Å². The number of fused-ring (bicyclic) bond motifs is 19. The summed E-state index contributed by atoms with van der Waals surface area (Å²) in [5, 5.41) is 7.52. The maximum Gasteiger partial charge on any atom is 0.0726 e. The molecule has 0 N–H and O–H groups in total. The molecule has 0 heterocycles. The van der Waals surface area contributed by atoms with Crippen molar-refractivity contribution >= 4 is 49.4 Å². The number of nitrogens with zero attached hydrogens (tertiary/aromatic N) is 1. The normalized spacial score (nSPS) is 14.0. The third-order valence-electron chi connectivity index (χ3n) is 15.9. The fraction of sp³-hybridized carbons (Fsp3) is 0.0294. The van der Waals surface area contributed by atoms with Gasteiger partial charge in [-0.2, -0.15) is 0 Å². The standard InChI is InChI=1S/C68H43N/c1-3-20-44(21-4-1)67(45-22-5-2-6-23-45)59-33-15-14-30-54(59)58-42-46(39-41-63(58)67)69(65-37-19-32-57-50-25-8-7-24-48(50)49-26-9-10-31-56(49)66(57)65)47-38-40-55-53-29-13-18-36-62(53)68(64(55)43-47)60-34-16-11-27-51(60)52-28-12-17-35-61(52)68/h1-43H. The zero-order chi connectivity index (χ0) is 45.3. The molecule has 12 aromatic carbocycles. The Hall–Kier alpha value is -8.78. The Balaban J connectivity index is 1.05. The first-order valence-corrected chi connectivity index (χ1v) is 24.2. The second-order valence-electron chi connectivity index (χ2n) is 19.0. The van der Waals surface area contributed by atoms with E-state index in [-0.39, 0.29) is 0 Å². The van der Waals surface area contributed by atoms with Crippen LogP contribution in [-0.2, 0) is 10.8 Å². The Labute approximate surface area is 401 Å². The molecular formula is C68H43N. The summed E-state index contributed by atoms with van der Waals surface area (Å²) in [6, 6.07) is 98.2. The zero-order valence-corrected chi connectivity index (χ0v) is 37.8. The quantitative estimate of drug-likeness (QED) is 0.156. The minimum absolute atomic E-state index is 0.482. The van der Waals surface area contributed by atoms with Crippen LogP contribution in [0, 0.1) is 0 Å². The van der Waals surface area contributed by atoms with E-state index in [1.54, 1.807) is 0 Å². The highest BCUT2D eigenvalue weighted by molar-refractivity contribution is 6.28. The van der Waals surface area contributed by atoms with Gasteiger partial charge in [-0.15, -0.1) is 0 Å². The van der Waals surface area contributed by atoms with Crippen LogP contribution in [0.3, 0.4) is 0 Å². The molecule has 3 aliphatic carbocycles. The van der Waals surface area contributed by atoms with Crippen LogP contribution in [0.2, 0.25) is 0 Å². The van der Waals surface area contributed by atoms with Gasteiger partial charge in [0.05, 0.1) is 16.5 Å². The van der Waals surface area contributed by atoms with E-state index in [9.17, 15) is 0 Å². The van der Waals surface area contributed by atoms with Gasteiger partial charge in [0.25, 0.3) is 0 Å². The third kappa shape index (κ3) is 4.98. The van der Waals surface area contributed by atoms with Gasteiger partial charge in [-0.25, -0.2) is 0 Å². The lowest BCUT2D eigenvalue weighted by molar-refractivity contribution is 0.768. The summed E-state index contributed by atoms with van der Waals surface area (Å²) in [7, 11) is 0. The van der Waals surface area contributed by atoms with Crippen molar-refractivity contribution in [2.24, 2.45) is 0 Å². The lowest BCUT2D eigenvalue weighted by Crippen LogP contribution is -2.28. The summed E-state index contributed by atoms with van der Waals surface area (Å²) in [6.07, 6.45) is 0. The van der Waals surface area contributed by atoms with Gasteiger partial charge in [0.2, 0.25) is 0 Å². The molecule has 0 aromatic heterocycles. The maximum absolute atomic E-state index is 2.57. The molecule has 0 saturated carbocycles. The van der Waals surface area contributed by atoms with Gasteiger partial charge in [0, 0.05) is 16.8 Å². The Kier molecular flexibility index (Phi) is 7.98. The van der Waals surface area contributed by atoms with Gasteiger partial charge in [-0.1, -0.05) is 231 Å². The number of benzene rings is 12. The summed E-state index contributed by atoms with van der Waals surface area (Å²) in [4.78, 5) is 2.57. The second kappa shape index (κ2) is 14.4. The summed E-state index contributed by atoms with van der Waals surface area (Å²) >= 11 is 0. The minimum Gasteiger partial charge on any atom is -0.310 e. The third-order valence-corrected chi connectivity index (χ3v) is 15.9. The van der Waals surface area contributed by atoms with Crippen molar-refractivity contribution in [1.82, 2.24) is 0 Å². The molecule has 3 aliphatic rings. The predicted octanol–water partition coefficient (Wildman–Crippen LogP) is 17.3. The molecule has 0 fully saturated rings. The van der Waals surface area contributed by atoms with E-state index >= 15 is 0 Å². The first kappa shape index (κ1) is 38.3. The minimum atomic E-state index is -0.499. The smallest absolute Gasteiger partial charge is 0.0726 e. The van der Waals surface area contributed by atoms with E-state index < -0.39 is 10.8 Å². The van der Waals surface area contributed by atoms with Crippen molar-refractivity contribution < 1.29 is 0 Å². The highest BCUT2D eigenvalue weighted by atomic mass is 15.1. The van der Waals surface area contributed by atoms with Crippen molar-refractivity contribution in [2.75, 3.05) is 4.90 Å². The van der Waals surface area contributed by atoms with E-state index in [2.05, 4.69) is 266 Å². The summed E-state index contributed by atoms with van der Waals surface area (Å²) in [6.45, 7) is 0. The molecular weight excluding hydrogens is 831 g/mol. The first-order chi connectivity index (χ1) is 34.3. The Morgan fingerprint density at radius 1 is 0.232 bits per heavy atom. The van der Waals surface area contributed by atoms with E-state index in [1.807, 2.05) is 0 Å². The molecule has 0 amide bonds. The van der Waals surface area contributed by atoms with E-state index in [0.717, 1.165) is 17.1 Å². The molecule has 1 nitrogen and oxygen atoms in total. The fourth-order valence-corrected chi connectivity index (χ4v) is 13.3. The molecule has 1 heteroatoms. The van der Waals surface area contributed by atoms with Crippen LogP contribution in [0.1, 0.15) is 44.5 Å². The number of anilines is 3. The van der Waals surface area contributed by atoms with Gasteiger partial charge >= 0.3 is 0 Å². The molecule has 0 radical (unpaired) electrons. The molecule has 0 saturated heterocycles. The number of hydrogen-bond acceptors (Lipinski definition) is 1. The molecule has 0 bridgehead atoms. The molecule has 320 valence electrons. The highest BCUT2D eigenvalue weighted by Gasteiger charge is 2.52. The molecule has 0 atom stereocenters. The van der Waals surface area contributed by atoms with Crippen LogP contribution in [-0.4, -0.2) is 0 Å². The molecule has 12 aromatic rings. The first-order valence-electron chi connectivity index (χ1n) is 24.2. The van der Waals surface area contributed by atoms with Crippen LogP contribution < -0.4 is 4.90 Å². The van der Waals surface area contributed by atoms with Gasteiger partial charge in [0.15, 0.2) is 0 Å². The summed E-state index contributed by atoms with van der Waals surface area (Å²) in [5.41, 5.74) is 20.6. The van der Waals surface area contributed by atoms with Gasteiger partial charge in [0.1, 0.15) is 0 Å². The van der Waals surface area contributed by atoms with Crippen molar-refractivity contribution in [1.29, 1.82) is 0 Å². The van der Waals surface area contributed by atoms with Crippen LogP contribution >= 0.6 is 0 Å².